The molecule has 0 aliphatic rings. The predicted octanol–water partition coefficient (Wildman–Crippen LogP) is 4.01. The van der Waals surface area contributed by atoms with Gasteiger partial charge in [0.15, 0.2) is 16.6 Å². The van der Waals surface area contributed by atoms with E-state index in [0.717, 1.165) is 16.8 Å². The van der Waals surface area contributed by atoms with Crippen molar-refractivity contribution in [3.8, 4) is 22.8 Å². The first-order valence-electron chi connectivity index (χ1n) is 7.71. The highest BCUT2D eigenvalue weighted by Gasteiger charge is 2.11. The summed E-state index contributed by atoms with van der Waals surface area (Å²) in [5, 5.41) is 5.36. The summed E-state index contributed by atoms with van der Waals surface area (Å²) in [6.45, 7) is 0. The zero-order valence-corrected chi connectivity index (χ0v) is 14.8. The van der Waals surface area contributed by atoms with Crippen molar-refractivity contribution in [3.63, 3.8) is 0 Å². The van der Waals surface area contributed by atoms with Gasteiger partial charge in [-0.3, -0.25) is 4.79 Å². The van der Waals surface area contributed by atoms with E-state index in [1.165, 1.54) is 11.3 Å². The third-order valence-corrected chi connectivity index (χ3v) is 4.39. The zero-order chi connectivity index (χ0) is 17.6. The fraction of sp³-hybridized carbons (Fsp3) is 0.158. The van der Waals surface area contributed by atoms with Crippen molar-refractivity contribution >= 4 is 22.4 Å². The minimum atomic E-state index is -0.124. The van der Waals surface area contributed by atoms with Crippen LogP contribution in [0.1, 0.15) is 5.56 Å². The van der Waals surface area contributed by atoms with Crippen LogP contribution in [0.4, 0.5) is 5.13 Å². The van der Waals surface area contributed by atoms with Crippen LogP contribution in [0, 0.1) is 0 Å². The number of aromatic nitrogens is 1. The van der Waals surface area contributed by atoms with Gasteiger partial charge in [-0.25, -0.2) is 4.98 Å². The maximum absolute atomic E-state index is 12.3. The molecule has 0 fully saturated rings. The molecule has 5 nitrogen and oxygen atoms in total. The molecule has 1 heterocycles. The summed E-state index contributed by atoms with van der Waals surface area (Å²) in [4.78, 5) is 16.7. The highest BCUT2D eigenvalue weighted by Crippen LogP contribution is 2.28. The molecule has 1 N–H and O–H groups in total. The number of hydrogen-bond acceptors (Lipinski definition) is 5. The second-order valence-electron chi connectivity index (χ2n) is 5.32. The lowest BCUT2D eigenvalue weighted by Gasteiger charge is -2.09. The summed E-state index contributed by atoms with van der Waals surface area (Å²) >= 11 is 1.41. The Morgan fingerprint density at radius 2 is 1.84 bits per heavy atom. The number of thiazole rings is 1. The summed E-state index contributed by atoms with van der Waals surface area (Å²) in [7, 11) is 3.15. The Balaban J connectivity index is 1.66. The molecule has 0 bridgehead atoms. The van der Waals surface area contributed by atoms with Gasteiger partial charge in [-0.05, 0) is 17.7 Å². The molecule has 1 aromatic heterocycles. The second-order valence-corrected chi connectivity index (χ2v) is 6.18. The van der Waals surface area contributed by atoms with Crippen molar-refractivity contribution in [1.29, 1.82) is 0 Å². The number of benzene rings is 2. The van der Waals surface area contributed by atoms with Gasteiger partial charge in [0.1, 0.15) is 0 Å². The molecule has 0 spiro atoms. The fourth-order valence-electron chi connectivity index (χ4n) is 2.41. The third-order valence-electron chi connectivity index (χ3n) is 3.63. The van der Waals surface area contributed by atoms with E-state index >= 15 is 0 Å². The Morgan fingerprint density at radius 1 is 1.08 bits per heavy atom. The third kappa shape index (κ3) is 4.16. The molecular formula is C19H18N2O3S. The van der Waals surface area contributed by atoms with Gasteiger partial charge in [-0.2, -0.15) is 0 Å². The molecule has 3 aromatic rings. The first-order chi connectivity index (χ1) is 12.2. The Labute approximate surface area is 150 Å². The molecule has 128 valence electrons. The van der Waals surface area contributed by atoms with E-state index in [1.54, 1.807) is 26.4 Å². The molecule has 0 saturated carbocycles. The minimum absolute atomic E-state index is 0.124. The van der Waals surface area contributed by atoms with Crippen molar-refractivity contribution in [1.82, 2.24) is 4.98 Å². The number of rotatable bonds is 6. The normalized spacial score (nSPS) is 10.3. The molecule has 3 rings (SSSR count). The van der Waals surface area contributed by atoms with Crippen molar-refractivity contribution in [2.75, 3.05) is 19.5 Å². The average Bonchev–Trinajstić information content (AvgIpc) is 3.10. The van der Waals surface area contributed by atoms with Gasteiger partial charge >= 0.3 is 0 Å². The zero-order valence-electron chi connectivity index (χ0n) is 14.0. The van der Waals surface area contributed by atoms with Gasteiger partial charge in [0.05, 0.1) is 26.3 Å². The van der Waals surface area contributed by atoms with E-state index in [2.05, 4.69) is 10.3 Å². The lowest BCUT2D eigenvalue weighted by molar-refractivity contribution is -0.115. The highest BCUT2D eigenvalue weighted by molar-refractivity contribution is 7.14. The number of hydrogen-bond donors (Lipinski definition) is 1. The van der Waals surface area contributed by atoms with Gasteiger partial charge in [-0.15, -0.1) is 11.3 Å². The van der Waals surface area contributed by atoms with E-state index in [4.69, 9.17) is 9.47 Å². The largest absolute Gasteiger partial charge is 0.493 e. The van der Waals surface area contributed by atoms with Crippen LogP contribution < -0.4 is 14.8 Å². The first-order valence-corrected chi connectivity index (χ1v) is 8.59. The number of nitrogens with zero attached hydrogens (tertiary/aromatic N) is 1. The maximum Gasteiger partial charge on any atom is 0.230 e. The van der Waals surface area contributed by atoms with Crippen molar-refractivity contribution in [2.24, 2.45) is 0 Å². The monoisotopic (exact) mass is 354 g/mol. The lowest BCUT2D eigenvalue weighted by Crippen LogP contribution is -2.14. The summed E-state index contributed by atoms with van der Waals surface area (Å²) < 4.78 is 10.5. The van der Waals surface area contributed by atoms with Crippen LogP contribution in [-0.2, 0) is 11.2 Å². The molecular weight excluding hydrogens is 336 g/mol. The van der Waals surface area contributed by atoms with E-state index in [9.17, 15) is 4.79 Å². The molecule has 0 atom stereocenters. The summed E-state index contributed by atoms with van der Waals surface area (Å²) in [6, 6.07) is 15.3. The van der Waals surface area contributed by atoms with Gasteiger partial charge in [0, 0.05) is 10.9 Å². The quantitative estimate of drug-likeness (QED) is 0.727. The summed E-state index contributed by atoms with van der Waals surface area (Å²) in [5.41, 5.74) is 2.72. The molecule has 0 aliphatic carbocycles. The summed E-state index contributed by atoms with van der Waals surface area (Å²) in [6.07, 6.45) is 0.237. The van der Waals surface area contributed by atoms with Gasteiger partial charge in [0.2, 0.25) is 5.91 Å². The Morgan fingerprint density at radius 3 is 2.56 bits per heavy atom. The smallest absolute Gasteiger partial charge is 0.230 e. The number of carbonyl (C=O) groups is 1. The number of carbonyl (C=O) groups excluding carboxylic acids is 1. The van der Waals surface area contributed by atoms with Crippen LogP contribution in [-0.4, -0.2) is 25.1 Å². The molecule has 0 saturated heterocycles. The van der Waals surface area contributed by atoms with Crippen LogP contribution in [0.5, 0.6) is 11.5 Å². The number of methoxy groups -OCH3 is 2. The topological polar surface area (TPSA) is 60.5 Å². The van der Waals surface area contributed by atoms with Gasteiger partial charge in [-0.1, -0.05) is 36.4 Å². The molecule has 0 unspecified atom stereocenters. The van der Waals surface area contributed by atoms with Gasteiger partial charge < -0.3 is 14.8 Å². The van der Waals surface area contributed by atoms with E-state index < -0.39 is 0 Å². The van der Waals surface area contributed by atoms with Crippen LogP contribution in [0.3, 0.4) is 0 Å². The lowest BCUT2D eigenvalue weighted by atomic mass is 10.1. The molecule has 0 aliphatic heterocycles. The van der Waals surface area contributed by atoms with Crippen molar-refractivity contribution in [3.05, 3.63) is 59.5 Å². The second kappa shape index (κ2) is 7.81. The Bertz CT molecular complexity index is 862. The van der Waals surface area contributed by atoms with Crippen molar-refractivity contribution in [2.45, 2.75) is 6.42 Å². The summed E-state index contributed by atoms with van der Waals surface area (Å²) in [5.74, 6) is 1.12. The number of ether oxygens (including phenoxy) is 2. The van der Waals surface area contributed by atoms with Crippen LogP contribution >= 0.6 is 11.3 Å². The average molecular weight is 354 g/mol. The molecule has 1 amide bonds. The molecule has 25 heavy (non-hydrogen) atoms. The van der Waals surface area contributed by atoms with Crippen LogP contribution in [0.2, 0.25) is 0 Å². The van der Waals surface area contributed by atoms with Gasteiger partial charge in [0.25, 0.3) is 0 Å². The van der Waals surface area contributed by atoms with Crippen LogP contribution in [0.25, 0.3) is 11.3 Å². The van der Waals surface area contributed by atoms with E-state index in [0.29, 0.717) is 16.6 Å². The number of anilines is 1. The maximum atomic E-state index is 12.3. The molecule has 2 aromatic carbocycles. The minimum Gasteiger partial charge on any atom is -0.493 e. The van der Waals surface area contributed by atoms with E-state index in [-0.39, 0.29) is 12.3 Å². The highest BCUT2D eigenvalue weighted by atomic mass is 32.1. The standard InChI is InChI=1S/C19H18N2O3S/c1-23-16-9-8-13(10-17(16)24-2)11-18(22)21-19-20-15(12-25-19)14-6-4-3-5-7-14/h3-10,12H,11H2,1-2H3,(H,20,21,22). The Kier molecular flexibility index (Phi) is 5.30. The SMILES string of the molecule is COc1ccc(CC(=O)Nc2nc(-c3ccccc3)cs2)cc1OC. The van der Waals surface area contributed by atoms with Crippen LogP contribution in [0.15, 0.2) is 53.9 Å². The van der Waals surface area contributed by atoms with E-state index in [1.807, 2.05) is 41.8 Å². The molecule has 0 radical (unpaired) electrons. The molecule has 6 heteroatoms. The van der Waals surface area contributed by atoms with Crippen molar-refractivity contribution < 1.29 is 14.3 Å². The fourth-order valence-corrected chi connectivity index (χ4v) is 3.15. The first kappa shape index (κ1) is 17.0. The number of nitrogens with one attached hydrogen (secondary N) is 1. The predicted molar refractivity (Wildman–Crippen MR) is 99.4 cm³/mol. The number of amides is 1. The Hall–Kier alpha value is -2.86.